The van der Waals surface area contributed by atoms with E-state index >= 15 is 0 Å². The van der Waals surface area contributed by atoms with Gasteiger partial charge in [0.1, 0.15) is 30.2 Å². The molecular weight excluding hydrogens is 352 g/mol. The van der Waals surface area contributed by atoms with Crippen LogP contribution in [-0.2, 0) is 23.8 Å². The number of carboxylic acid groups (broad SMARTS) is 1. The van der Waals surface area contributed by atoms with Crippen LogP contribution < -0.4 is 0 Å². The highest BCUT2D eigenvalue weighted by Gasteiger charge is 2.53. The standard InChI is InChI=1S/C16H22O10/c1-5-8(18)2-6-7(14(22)23)4-24-15(10(5)6)26-16-13(21)12(20)11(19)9(3-17)25-16/h4-6,9-13,15-17,19-21H,2-3H2,1H3,(H,22,23)/t5-,6+,9+,10+,11+,12-,13+,15-,16-/m0/s1. The maximum absolute atomic E-state index is 12.1. The summed E-state index contributed by atoms with van der Waals surface area (Å²) >= 11 is 0. The van der Waals surface area contributed by atoms with Gasteiger partial charge < -0.3 is 39.7 Å². The fourth-order valence-electron chi connectivity index (χ4n) is 3.81. The van der Waals surface area contributed by atoms with Gasteiger partial charge in [0.25, 0.3) is 0 Å². The molecule has 0 aromatic heterocycles. The first-order valence-electron chi connectivity index (χ1n) is 8.33. The minimum atomic E-state index is -1.62. The zero-order valence-electron chi connectivity index (χ0n) is 14.0. The average Bonchev–Trinajstić information content (AvgIpc) is 2.90. The van der Waals surface area contributed by atoms with Crippen LogP contribution in [0, 0.1) is 17.8 Å². The molecule has 3 rings (SSSR count). The predicted molar refractivity (Wildman–Crippen MR) is 81.2 cm³/mol. The van der Waals surface area contributed by atoms with E-state index in [0.717, 1.165) is 6.26 Å². The Morgan fingerprint density at radius 1 is 1.23 bits per heavy atom. The third kappa shape index (κ3) is 3.13. The largest absolute Gasteiger partial charge is 0.478 e. The molecule has 2 aliphatic heterocycles. The molecular formula is C16H22O10. The van der Waals surface area contributed by atoms with Crippen LogP contribution >= 0.6 is 0 Å². The Bertz CT molecular complexity index is 602. The molecule has 0 aromatic rings. The summed E-state index contributed by atoms with van der Waals surface area (Å²) in [7, 11) is 0. The van der Waals surface area contributed by atoms with Crippen LogP contribution in [0.4, 0.5) is 0 Å². The number of aliphatic hydroxyl groups excluding tert-OH is 4. The molecule has 0 bridgehead atoms. The molecule has 2 heterocycles. The topological polar surface area (TPSA) is 163 Å². The SMILES string of the molecule is C[C@H]1C(=O)C[C@@H]2C(C(=O)O)=CO[C@@H](O[C@@H]3O[C@H](CO)[C@@H](O)[C@H](O)[C@H]3O)[C@@H]21. The van der Waals surface area contributed by atoms with Crippen LogP contribution in [0.2, 0.25) is 0 Å². The Labute approximate surface area is 148 Å². The number of hydrogen-bond donors (Lipinski definition) is 5. The van der Waals surface area contributed by atoms with Gasteiger partial charge in [-0.25, -0.2) is 4.79 Å². The smallest absolute Gasteiger partial charge is 0.334 e. The first-order valence-corrected chi connectivity index (χ1v) is 8.33. The lowest BCUT2D eigenvalue weighted by molar-refractivity contribution is -0.342. The normalized spacial score (nSPS) is 45.7. The van der Waals surface area contributed by atoms with Crippen molar-refractivity contribution in [3.63, 3.8) is 0 Å². The van der Waals surface area contributed by atoms with E-state index in [9.17, 15) is 35.1 Å². The second-order valence-corrected chi connectivity index (χ2v) is 6.86. The average molecular weight is 374 g/mol. The second-order valence-electron chi connectivity index (χ2n) is 6.86. The Kier molecular flexibility index (Phi) is 5.33. The maximum Gasteiger partial charge on any atom is 0.334 e. The number of carboxylic acids is 1. The zero-order chi connectivity index (χ0) is 19.2. The molecule has 1 saturated carbocycles. The molecule has 5 N–H and O–H groups in total. The lowest BCUT2D eigenvalue weighted by Crippen LogP contribution is -2.60. The van der Waals surface area contributed by atoms with E-state index in [1.165, 1.54) is 0 Å². The Hall–Kier alpha value is -1.56. The van der Waals surface area contributed by atoms with Crippen LogP contribution in [0.1, 0.15) is 13.3 Å². The molecule has 0 unspecified atom stereocenters. The highest BCUT2D eigenvalue weighted by Crippen LogP contribution is 2.45. The van der Waals surface area contributed by atoms with E-state index in [4.69, 9.17) is 14.2 Å². The first kappa shape index (κ1) is 19.2. The minimum absolute atomic E-state index is 0.0265. The van der Waals surface area contributed by atoms with Crippen molar-refractivity contribution >= 4 is 11.8 Å². The van der Waals surface area contributed by atoms with Gasteiger partial charge >= 0.3 is 5.97 Å². The third-order valence-corrected chi connectivity index (χ3v) is 5.38. The highest BCUT2D eigenvalue weighted by atomic mass is 16.8. The quantitative estimate of drug-likeness (QED) is 0.371. The van der Waals surface area contributed by atoms with Crippen LogP contribution in [0.15, 0.2) is 11.8 Å². The van der Waals surface area contributed by atoms with E-state index in [1.807, 2.05) is 0 Å². The zero-order valence-corrected chi connectivity index (χ0v) is 14.0. The number of aliphatic carboxylic acids is 1. The van der Waals surface area contributed by atoms with Crippen molar-refractivity contribution < 1.29 is 49.3 Å². The molecule has 0 spiro atoms. The van der Waals surface area contributed by atoms with Crippen molar-refractivity contribution in [3.8, 4) is 0 Å². The molecule has 146 valence electrons. The number of ether oxygens (including phenoxy) is 3. The summed E-state index contributed by atoms with van der Waals surface area (Å²) in [5.74, 6) is -3.05. The molecule has 10 heteroatoms. The van der Waals surface area contributed by atoms with Crippen molar-refractivity contribution in [2.45, 2.75) is 50.3 Å². The van der Waals surface area contributed by atoms with E-state index in [0.29, 0.717) is 0 Å². The summed E-state index contributed by atoms with van der Waals surface area (Å²) < 4.78 is 16.2. The molecule has 0 amide bonds. The molecule has 0 aromatic carbocycles. The van der Waals surface area contributed by atoms with E-state index in [1.54, 1.807) is 6.92 Å². The molecule has 26 heavy (non-hydrogen) atoms. The molecule has 1 saturated heterocycles. The highest BCUT2D eigenvalue weighted by molar-refractivity contribution is 5.91. The van der Waals surface area contributed by atoms with E-state index in [2.05, 4.69) is 0 Å². The van der Waals surface area contributed by atoms with Crippen molar-refractivity contribution in [1.29, 1.82) is 0 Å². The van der Waals surface area contributed by atoms with Gasteiger partial charge in [-0.3, -0.25) is 4.79 Å². The molecule has 0 radical (unpaired) electrons. The summed E-state index contributed by atoms with van der Waals surface area (Å²) in [6, 6.07) is 0. The minimum Gasteiger partial charge on any atom is -0.478 e. The number of carbonyl (C=O) groups is 2. The van der Waals surface area contributed by atoms with E-state index < -0.39 is 67.3 Å². The van der Waals surface area contributed by atoms with Crippen LogP contribution in [0.25, 0.3) is 0 Å². The molecule has 10 nitrogen and oxygen atoms in total. The fraction of sp³-hybridized carbons (Fsp3) is 0.750. The number of rotatable bonds is 4. The summed E-state index contributed by atoms with van der Waals surface area (Å²) in [5, 5.41) is 48.2. The lowest BCUT2D eigenvalue weighted by atomic mass is 9.83. The van der Waals surface area contributed by atoms with Gasteiger partial charge in [0.2, 0.25) is 6.29 Å². The van der Waals surface area contributed by atoms with Crippen LogP contribution in [0.3, 0.4) is 0 Å². The number of ketones is 1. The number of fused-ring (bicyclic) bond motifs is 1. The van der Waals surface area contributed by atoms with Gasteiger partial charge in [-0.15, -0.1) is 0 Å². The third-order valence-electron chi connectivity index (χ3n) is 5.38. The summed E-state index contributed by atoms with van der Waals surface area (Å²) in [6.45, 7) is 1.03. The number of Topliss-reactive ketones (excluding diaryl/α,β-unsaturated/α-hetero) is 1. The fourth-order valence-corrected chi connectivity index (χ4v) is 3.81. The van der Waals surface area contributed by atoms with Gasteiger partial charge in [0.15, 0.2) is 6.29 Å². The van der Waals surface area contributed by atoms with Gasteiger partial charge in [-0.2, -0.15) is 0 Å². The molecule has 3 aliphatic rings. The summed E-state index contributed by atoms with van der Waals surface area (Å²) in [4.78, 5) is 23.5. The Balaban J connectivity index is 1.81. The van der Waals surface area contributed by atoms with Crippen LogP contribution in [-0.4, -0.2) is 80.9 Å². The number of hydrogen-bond acceptors (Lipinski definition) is 9. The van der Waals surface area contributed by atoms with E-state index in [-0.39, 0.29) is 17.8 Å². The molecule has 2 fully saturated rings. The number of carbonyl (C=O) groups excluding carboxylic acids is 1. The summed E-state index contributed by atoms with van der Waals surface area (Å²) in [5.41, 5.74) is -0.0265. The molecule has 1 aliphatic carbocycles. The lowest BCUT2D eigenvalue weighted by Gasteiger charge is -2.42. The van der Waals surface area contributed by atoms with Gasteiger partial charge in [-0.1, -0.05) is 6.92 Å². The predicted octanol–water partition coefficient (Wildman–Crippen LogP) is -2.03. The number of aliphatic hydroxyl groups is 4. The molecule has 9 atom stereocenters. The van der Waals surface area contributed by atoms with Gasteiger partial charge in [0, 0.05) is 24.2 Å². The second kappa shape index (κ2) is 7.22. The first-order chi connectivity index (χ1) is 12.3. The van der Waals surface area contributed by atoms with Crippen molar-refractivity contribution in [1.82, 2.24) is 0 Å². The van der Waals surface area contributed by atoms with Crippen molar-refractivity contribution in [2.24, 2.45) is 17.8 Å². The van der Waals surface area contributed by atoms with Crippen molar-refractivity contribution in [2.75, 3.05) is 6.61 Å². The van der Waals surface area contributed by atoms with Gasteiger partial charge in [-0.05, 0) is 0 Å². The summed E-state index contributed by atoms with van der Waals surface area (Å²) in [6.07, 6.45) is -7.37. The Morgan fingerprint density at radius 3 is 2.54 bits per heavy atom. The van der Waals surface area contributed by atoms with Gasteiger partial charge in [0.05, 0.1) is 18.4 Å². The van der Waals surface area contributed by atoms with Crippen LogP contribution in [0.5, 0.6) is 0 Å². The Morgan fingerprint density at radius 2 is 1.92 bits per heavy atom. The monoisotopic (exact) mass is 374 g/mol. The maximum atomic E-state index is 12.1. The van der Waals surface area contributed by atoms with Crippen molar-refractivity contribution in [3.05, 3.63) is 11.8 Å².